The summed E-state index contributed by atoms with van der Waals surface area (Å²) in [6, 6.07) is 13.2. The molecule has 2 aromatic carbocycles. The molecule has 2 heterocycles. The molecule has 1 atom stereocenters. The Labute approximate surface area is 186 Å². The molecule has 32 heavy (non-hydrogen) atoms. The standard InChI is InChI=1S/C23H19FN4O3S/c24-22-15(5-3-11-27-32(30)31)4-1-7-18(22)23(29)16-8-9-19-20(12-16)28-21(14-26-19)17-6-2-10-25-13-17/h1-2,4,6-10,12-14,27H,3,5,11H2,(H,30,31)/p-1. The van der Waals surface area contributed by atoms with Gasteiger partial charge in [0.2, 0.25) is 0 Å². The van der Waals surface area contributed by atoms with Crippen molar-refractivity contribution in [1.82, 2.24) is 19.7 Å². The van der Waals surface area contributed by atoms with Gasteiger partial charge >= 0.3 is 0 Å². The SMILES string of the molecule is O=C(c1ccc2ncc(-c3cccnc3)nc2c1)c1cccc(CCCNS(=O)[O-])c1F. The average molecular weight is 449 g/mol. The smallest absolute Gasteiger partial charge is 0.196 e. The molecule has 162 valence electrons. The van der Waals surface area contributed by atoms with E-state index < -0.39 is 22.9 Å². The summed E-state index contributed by atoms with van der Waals surface area (Å²) in [5, 5.41) is 0. The second-order valence-corrected chi connectivity index (χ2v) is 7.80. The van der Waals surface area contributed by atoms with Crippen LogP contribution < -0.4 is 4.72 Å². The van der Waals surface area contributed by atoms with Crippen LogP contribution in [-0.2, 0) is 17.7 Å². The second-order valence-electron chi connectivity index (χ2n) is 7.04. The van der Waals surface area contributed by atoms with Gasteiger partial charge in [0, 0.05) is 41.3 Å². The van der Waals surface area contributed by atoms with Crippen LogP contribution in [0.1, 0.15) is 27.9 Å². The third-order valence-corrected chi connectivity index (χ3v) is 5.37. The largest absolute Gasteiger partial charge is 0.760 e. The van der Waals surface area contributed by atoms with E-state index in [1.54, 1.807) is 55.0 Å². The van der Waals surface area contributed by atoms with Crippen molar-refractivity contribution in [2.45, 2.75) is 12.8 Å². The first-order chi connectivity index (χ1) is 15.5. The Balaban J connectivity index is 1.60. The molecule has 0 saturated heterocycles. The fourth-order valence-corrected chi connectivity index (χ4v) is 3.66. The molecule has 0 spiro atoms. The first-order valence-electron chi connectivity index (χ1n) is 9.85. The van der Waals surface area contributed by atoms with Gasteiger partial charge in [0.15, 0.2) is 5.78 Å². The Hall–Kier alpha value is -3.40. The number of halogens is 1. The highest BCUT2D eigenvalue weighted by Crippen LogP contribution is 2.22. The molecule has 1 unspecified atom stereocenters. The van der Waals surface area contributed by atoms with E-state index in [0.29, 0.717) is 40.7 Å². The van der Waals surface area contributed by atoms with Crippen LogP contribution in [0.2, 0.25) is 0 Å². The molecule has 0 amide bonds. The lowest BCUT2D eigenvalue weighted by Crippen LogP contribution is -2.18. The Morgan fingerprint density at radius 3 is 2.75 bits per heavy atom. The summed E-state index contributed by atoms with van der Waals surface area (Å²) in [7, 11) is 0. The van der Waals surface area contributed by atoms with Gasteiger partial charge in [-0.3, -0.25) is 19.0 Å². The third-order valence-electron chi connectivity index (χ3n) is 4.93. The molecule has 0 aliphatic rings. The van der Waals surface area contributed by atoms with Crippen molar-refractivity contribution in [3.8, 4) is 11.3 Å². The molecule has 2 aromatic heterocycles. The number of carbonyl (C=O) groups is 1. The van der Waals surface area contributed by atoms with E-state index >= 15 is 0 Å². The molecular formula is C23H18FN4O3S-. The summed E-state index contributed by atoms with van der Waals surface area (Å²) >= 11 is -2.35. The summed E-state index contributed by atoms with van der Waals surface area (Å²) in [5.41, 5.74) is 3.17. The fraction of sp³-hybridized carbons (Fsp3) is 0.130. The minimum absolute atomic E-state index is 0.0430. The van der Waals surface area contributed by atoms with Crippen LogP contribution in [0.25, 0.3) is 22.3 Å². The molecule has 1 N–H and O–H groups in total. The predicted octanol–water partition coefficient (Wildman–Crippen LogP) is 3.38. The van der Waals surface area contributed by atoms with Crippen molar-refractivity contribution in [2.75, 3.05) is 6.54 Å². The van der Waals surface area contributed by atoms with Crippen LogP contribution in [0, 0.1) is 5.82 Å². The number of benzene rings is 2. The van der Waals surface area contributed by atoms with Crippen molar-refractivity contribution in [1.29, 1.82) is 0 Å². The van der Waals surface area contributed by atoms with E-state index in [9.17, 15) is 17.9 Å². The molecule has 0 bridgehead atoms. The number of ketones is 1. The van der Waals surface area contributed by atoms with Crippen molar-refractivity contribution in [3.05, 3.63) is 89.6 Å². The van der Waals surface area contributed by atoms with E-state index in [1.165, 1.54) is 6.07 Å². The van der Waals surface area contributed by atoms with Gasteiger partial charge in [-0.25, -0.2) is 14.1 Å². The zero-order valence-corrected chi connectivity index (χ0v) is 17.6. The fourth-order valence-electron chi connectivity index (χ4n) is 3.34. The number of carbonyl (C=O) groups excluding carboxylic acids is 1. The number of rotatable bonds is 8. The maximum atomic E-state index is 15.0. The van der Waals surface area contributed by atoms with Gasteiger partial charge < -0.3 is 4.55 Å². The molecule has 0 radical (unpaired) electrons. The molecule has 4 rings (SSSR count). The van der Waals surface area contributed by atoms with Gasteiger partial charge in [-0.2, -0.15) is 0 Å². The lowest BCUT2D eigenvalue weighted by Gasteiger charge is -2.10. The van der Waals surface area contributed by atoms with Crippen molar-refractivity contribution in [3.63, 3.8) is 0 Å². The molecule has 9 heteroatoms. The minimum Gasteiger partial charge on any atom is -0.760 e. The monoisotopic (exact) mass is 449 g/mol. The number of aryl methyl sites for hydroxylation is 1. The Morgan fingerprint density at radius 1 is 1.09 bits per heavy atom. The lowest BCUT2D eigenvalue weighted by molar-refractivity contribution is 0.103. The lowest BCUT2D eigenvalue weighted by atomic mass is 9.98. The maximum absolute atomic E-state index is 15.0. The van der Waals surface area contributed by atoms with Crippen LogP contribution in [0.5, 0.6) is 0 Å². The van der Waals surface area contributed by atoms with Crippen molar-refractivity contribution >= 4 is 28.1 Å². The molecule has 0 fully saturated rings. The molecular weight excluding hydrogens is 431 g/mol. The topological polar surface area (TPSA) is 108 Å². The summed E-state index contributed by atoms with van der Waals surface area (Å²) in [5.74, 6) is -1.06. The number of nitrogens with one attached hydrogen (secondary N) is 1. The Kier molecular flexibility index (Phi) is 6.69. The van der Waals surface area contributed by atoms with Crippen LogP contribution in [0.3, 0.4) is 0 Å². The number of hydrogen-bond acceptors (Lipinski definition) is 6. The molecule has 0 saturated carbocycles. The van der Waals surface area contributed by atoms with Crippen LogP contribution >= 0.6 is 0 Å². The number of aromatic nitrogens is 3. The van der Waals surface area contributed by atoms with Gasteiger partial charge in [-0.1, -0.05) is 12.1 Å². The number of nitrogens with zero attached hydrogens (tertiary/aromatic N) is 3. The average Bonchev–Trinajstić information content (AvgIpc) is 2.82. The van der Waals surface area contributed by atoms with Crippen LogP contribution in [0.4, 0.5) is 4.39 Å². The van der Waals surface area contributed by atoms with Gasteiger partial charge in [0.25, 0.3) is 0 Å². The number of hydrogen-bond donors (Lipinski definition) is 1. The summed E-state index contributed by atoms with van der Waals surface area (Å²) < 4.78 is 38.3. The predicted molar refractivity (Wildman–Crippen MR) is 118 cm³/mol. The van der Waals surface area contributed by atoms with E-state index in [4.69, 9.17) is 0 Å². The highest BCUT2D eigenvalue weighted by molar-refractivity contribution is 7.77. The van der Waals surface area contributed by atoms with Crippen LogP contribution in [-0.4, -0.2) is 36.0 Å². The first-order valence-corrected chi connectivity index (χ1v) is 10.9. The maximum Gasteiger partial charge on any atom is 0.196 e. The molecule has 0 aliphatic carbocycles. The zero-order valence-electron chi connectivity index (χ0n) is 16.8. The third kappa shape index (κ3) is 4.91. The quantitative estimate of drug-likeness (QED) is 0.251. The number of pyridine rings is 1. The minimum atomic E-state index is -2.35. The van der Waals surface area contributed by atoms with Crippen molar-refractivity contribution < 1.29 is 17.9 Å². The van der Waals surface area contributed by atoms with Gasteiger partial charge in [-0.05, 0) is 54.8 Å². The highest BCUT2D eigenvalue weighted by atomic mass is 32.2. The van der Waals surface area contributed by atoms with E-state index in [-0.39, 0.29) is 12.1 Å². The molecule has 4 aromatic rings. The molecule has 0 aliphatic heterocycles. The van der Waals surface area contributed by atoms with Crippen molar-refractivity contribution in [2.24, 2.45) is 0 Å². The van der Waals surface area contributed by atoms with Crippen LogP contribution in [0.15, 0.2) is 67.1 Å². The summed E-state index contributed by atoms with van der Waals surface area (Å²) in [6.45, 7) is 0.191. The first kappa shape index (κ1) is 21.8. The zero-order chi connectivity index (χ0) is 22.5. The summed E-state index contributed by atoms with van der Waals surface area (Å²) in [6.07, 6.45) is 5.69. The Morgan fingerprint density at radius 2 is 1.97 bits per heavy atom. The second kappa shape index (κ2) is 9.82. The molecule has 7 nitrogen and oxygen atoms in total. The van der Waals surface area contributed by atoms with Gasteiger partial charge in [0.1, 0.15) is 5.82 Å². The van der Waals surface area contributed by atoms with E-state index in [1.807, 2.05) is 6.07 Å². The van der Waals surface area contributed by atoms with E-state index in [0.717, 1.165) is 5.56 Å². The Bertz CT molecular complexity index is 1300. The van der Waals surface area contributed by atoms with Gasteiger partial charge in [0.05, 0.1) is 28.5 Å². The number of fused-ring (bicyclic) bond motifs is 1. The van der Waals surface area contributed by atoms with Gasteiger partial charge in [-0.15, -0.1) is 0 Å². The highest BCUT2D eigenvalue weighted by Gasteiger charge is 2.17. The summed E-state index contributed by atoms with van der Waals surface area (Å²) in [4.78, 5) is 26.1. The van der Waals surface area contributed by atoms with E-state index in [2.05, 4.69) is 19.7 Å². The normalized spacial score (nSPS) is 12.1.